The summed E-state index contributed by atoms with van der Waals surface area (Å²) < 4.78 is 7.51. The Morgan fingerprint density at radius 2 is 2.57 bits per heavy atom. The molecule has 1 amide bonds. The van der Waals surface area contributed by atoms with E-state index in [0.717, 1.165) is 11.3 Å². The van der Waals surface area contributed by atoms with Gasteiger partial charge in [-0.3, -0.25) is 14.5 Å². The molecule has 6 nitrogen and oxygen atoms in total. The predicted octanol–water partition coefficient (Wildman–Crippen LogP) is 1.96. The summed E-state index contributed by atoms with van der Waals surface area (Å²) in [6.45, 7) is 3.38. The summed E-state index contributed by atoms with van der Waals surface area (Å²) in [6.07, 6.45) is 0.827. The molecule has 3 heterocycles. The maximum absolute atomic E-state index is 12.3. The number of amides is 1. The number of ether oxygens (including phenoxy) is 1. The number of thiophene rings is 1. The van der Waals surface area contributed by atoms with Gasteiger partial charge in [0.2, 0.25) is 5.91 Å². The number of H-pyrrole nitrogens is 1. The van der Waals surface area contributed by atoms with Crippen molar-refractivity contribution in [3.63, 3.8) is 0 Å². The maximum atomic E-state index is 12.3. The molecule has 0 spiro atoms. The lowest BCUT2D eigenvalue weighted by Crippen LogP contribution is -2.47. The van der Waals surface area contributed by atoms with Crippen LogP contribution in [0, 0.1) is 4.77 Å². The van der Waals surface area contributed by atoms with Gasteiger partial charge in [-0.15, -0.1) is 11.3 Å². The minimum Gasteiger partial charge on any atom is -0.379 e. The van der Waals surface area contributed by atoms with E-state index in [1.54, 1.807) is 15.9 Å². The average molecular weight is 324 g/mol. The van der Waals surface area contributed by atoms with Gasteiger partial charge in [-0.2, -0.15) is 5.10 Å². The van der Waals surface area contributed by atoms with Crippen LogP contribution in [0.2, 0.25) is 0 Å². The molecule has 0 saturated carbocycles. The van der Waals surface area contributed by atoms with E-state index >= 15 is 0 Å². The van der Waals surface area contributed by atoms with Crippen LogP contribution in [0.5, 0.6) is 0 Å². The van der Waals surface area contributed by atoms with Gasteiger partial charge in [0.15, 0.2) is 10.6 Å². The van der Waals surface area contributed by atoms with E-state index in [4.69, 9.17) is 17.0 Å². The first-order valence-corrected chi connectivity index (χ1v) is 7.94. The number of aromatic nitrogens is 3. The Bertz CT molecular complexity index is 683. The van der Waals surface area contributed by atoms with Gasteiger partial charge in [0.25, 0.3) is 0 Å². The molecule has 1 fully saturated rings. The van der Waals surface area contributed by atoms with Crippen LogP contribution in [-0.2, 0) is 16.1 Å². The summed E-state index contributed by atoms with van der Waals surface area (Å²) in [4.78, 5) is 13.3. The van der Waals surface area contributed by atoms with Gasteiger partial charge in [0, 0.05) is 6.61 Å². The molecular weight excluding hydrogens is 308 g/mol. The highest BCUT2D eigenvalue weighted by Gasteiger charge is 2.31. The minimum atomic E-state index is -0.286. The number of rotatable bonds is 4. The Morgan fingerprint density at radius 1 is 1.71 bits per heavy atom. The van der Waals surface area contributed by atoms with Crippen molar-refractivity contribution in [2.75, 3.05) is 13.2 Å². The standard InChI is InChI=1S/C13H16N4O2S2/c1-13(4-5-19-8-13)14-10(18)7-17-11(15-16-12(17)20)9-3-2-6-21-9/h2-3,6H,4-5,7-8H2,1H3,(H,14,18)(H,16,20). The fourth-order valence-electron chi connectivity index (χ4n) is 2.34. The summed E-state index contributed by atoms with van der Waals surface area (Å²) in [5, 5.41) is 12.0. The van der Waals surface area contributed by atoms with E-state index in [2.05, 4.69) is 15.5 Å². The van der Waals surface area contributed by atoms with Gasteiger partial charge in [-0.25, -0.2) is 0 Å². The number of nitrogens with one attached hydrogen (secondary N) is 2. The topological polar surface area (TPSA) is 71.9 Å². The first kappa shape index (κ1) is 14.4. The van der Waals surface area contributed by atoms with Gasteiger partial charge in [0.1, 0.15) is 6.54 Å². The van der Waals surface area contributed by atoms with Crippen LogP contribution in [0.3, 0.4) is 0 Å². The zero-order valence-electron chi connectivity index (χ0n) is 11.6. The van der Waals surface area contributed by atoms with E-state index in [1.165, 1.54) is 0 Å². The van der Waals surface area contributed by atoms with Crippen molar-refractivity contribution in [3.05, 3.63) is 22.3 Å². The summed E-state index contributed by atoms with van der Waals surface area (Å²) in [5.41, 5.74) is -0.286. The third kappa shape index (κ3) is 3.07. The van der Waals surface area contributed by atoms with Crippen molar-refractivity contribution in [1.82, 2.24) is 20.1 Å². The quantitative estimate of drug-likeness (QED) is 0.844. The number of hydrogen-bond donors (Lipinski definition) is 2. The van der Waals surface area contributed by atoms with Crippen molar-refractivity contribution in [1.29, 1.82) is 0 Å². The van der Waals surface area contributed by atoms with Gasteiger partial charge < -0.3 is 10.1 Å². The van der Waals surface area contributed by atoms with Crippen LogP contribution in [-0.4, -0.2) is 39.4 Å². The molecule has 1 aliphatic rings. The molecule has 1 aliphatic heterocycles. The first-order chi connectivity index (χ1) is 10.1. The lowest BCUT2D eigenvalue weighted by atomic mass is 10.0. The van der Waals surface area contributed by atoms with E-state index in [0.29, 0.717) is 23.8 Å². The van der Waals surface area contributed by atoms with Crippen molar-refractivity contribution in [2.45, 2.75) is 25.4 Å². The molecule has 8 heteroatoms. The first-order valence-electron chi connectivity index (χ1n) is 6.65. The van der Waals surface area contributed by atoms with Crippen LogP contribution in [0.25, 0.3) is 10.7 Å². The molecule has 1 atom stereocenters. The Hall–Kier alpha value is -1.51. The highest BCUT2D eigenvalue weighted by atomic mass is 32.1. The smallest absolute Gasteiger partial charge is 0.240 e. The predicted molar refractivity (Wildman–Crippen MR) is 82.7 cm³/mol. The number of carbonyl (C=O) groups is 1. The number of aromatic amines is 1. The summed E-state index contributed by atoms with van der Waals surface area (Å²) in [5.74, 6) is 0.608. The number of carbonyl (C=O) groups excluding carboxylic acids is 1. The largest absolute Gasteiger partial charge is 0.379 e. The Labute approximate surface area is 131 Å². The second-order valence-electron chi connectivity index (χ2n) is 5.33. The minimum absolute atomic E-state index is 0.0849. The fraction of sp³-hybridized carbons (Fsp3) is 0.462. The van der Waals surface area contributed by atoms with Crippen LogP contribution in [0.15, 0.2) is 17.5 Å². The molecule has 2 N–H and O–H groups in total. The Morgan fingerprint density at radius 3 is 3.24 bits per heavy atom. The third-order valence-corrected chi connectivity index (χ3v) is 4.64. The van der Waals surface area contributed by atoms with E-state index in [9.17, 15) is 4.79 Å². The molecular formula is C13H16N4O2S2. The molecule has 3 rings (SSSR count). The van der Waals surface area contributed by atoms with Gasteiger partial charge in [-0.1, -0.05) is 6.07 Å². The monoisotopic (exact) mass is 324 g/mol. The highest BCUT2D eigenvalue weighted by molar-refractivity contribution is 7.71. The molecule has 112 valence electrons. The zero-order valence-corrected chi connectivity index (χ0v) is 13.2. The van der Waals surface area contributed by atoms with E-state index in [1.807, 2.05) is 24.4 Å². The van der Waals surface area contributed by atoms with Crippen LogP contribution in [0.4, 0.5) is 0 Å². The van der Waals surface area contributed by atoms with Gasteiger partial charge in [0.05, 0.1) is 17.0 Å². The summed E-state index contributed by atoms with van der Waals surface area (Å²) >= 11 is 6.78. The number of hydrogen-bond acceptors (Lipinski definition) is 5. The van der Waals surface area contributed by atoms with Gasteiger partial charge >= 0.3 is 0 Å². The molecule has 0 bridgehead atoms. The highest BCUT2D eigenvalue weighted by Crippen LogP contribution is 2.23. The van der Waals surface area contributed by atoms with Crippen molar-refractivity contribution in [2.24, 2.45) is 0 Å². The second-order valence-corrected chi connectivity index (χ2v) is 6.66. The summed E-state index contributed by atoms with van der Waals surface area (Å²) in [7, 11) is 0. The molecule has 2 aromatic heterocycles. The lowest BCUT2D eigenvalue weighted by Gasteiger charge is -2.23. The van der Waals surface area contributed by atoms with E-state index in [-0.39, 0.29) is 18.0 Å². The van der Waals surface area contributed by atoms with Crippen molar-refractivity contribution < 1.29 is 9.53 Å². The molecule has 1 saturated heterocycles. The second kappa shape index (κ2) is 5.70. The molecule has 2 aromatic rings. The van der Waals surface area contributed by atoms with Crippen LogP contribution < -0.4 is 5.32 Å². The molecule has 21 heavy (non-hydrogen) atoms. The van der Waals surface area contributed by atoms with E-state index < -0.39 is 0 Å². The Kier molecular flexibility index (Phi) is 3.92. The SMILES string of the molecule is CC1(NC(=O)Cn2c(-c3cccs3)n[nH]c2=S)CCOC1. The zero-order chi connectivity index (χ0) is 14.9. The van der Waals surface area contributed by atoms with Crippen molar-refractivity contribution in [3.8, 4) is 10.7 Å². The van der Waals surface area contributed by atoms with Gasteiger partial charge in [-0.05, 0) is 37.0 Å². The molecule has 1 unspecified atom stereocenters. The maximum Gasteiger partial charge on any atom is 0.240 e. The normalized spacial score (nSPS) is 21.6. The number of nitrogens with zero attached hydrogens (tertiary/aromatic N) is 2. The molecule has 0 aliphatic carbocycles. The van der Waals surface area contributed by atoms with Crippen LogP contribution in [0.1, 0.15) is 13.3 Å². The molecule has 0 radical (unpaired) electrons. The third-order valence-electron chi connectivity index (χ3n) is 3.46. The molecule has 0 aromatic carbocycles. The van der Waals surface area contributed by atoms with Crippen LogP contribution >= 0.6 is 23.6 Å². The fourth-order valence-corrected chi connectivity index (χ4v) is 3.26. The lowest BCUT2D eigenvalue weighted by molar-refractivity contribution is -0.123. The average Bonchev–Trinajstić information content (AvgIpc) is 3.13. The Balaban J connectivity index is 1.77. The summed E-state index contributed by atoms with van der Waals surface area (Å²) in [6, 6.07) is 3.90. The van der Waals surface area contributed by atoms with Crippen molar-refractivity contribution >= 4 is 29.5 Å².